The van der Waals surface area contributed by atoms with Crippen LogP contribution in [0, 0.1) is 5.92 Å². The number of guanidine groups is 1. The number of rotatable bonds is 7. The highest BCUT2D eigenvalue weighted by Gasteiger charge is 2.28. The lowest BCUT2D eigenvalue weighted by molar-refractivity contribution is -0.153. The van der Waals surface area contributed by atoms with Gasteiger partial charge < -0.3 is 15.8 Å². The number of ether oxygens (including phenoxy) is 1. The van der Waals surface area contributed by atoms with Crippen LogP contribution in [0.15, 0.2) is 29.3 Å². The zero-order chi connectivity index (χ0) is 16.6. The fraction of sp³-hybridized carbons (Fsp3) is 0.533. The Kier molecular flexibility index (Phi) is 10.0. The van der Waals surface area contributed by atoms with Crippen LogP contribution in [-0.4, -0.2) is 25.3 Å². The number of para-hydroxylation sites is 1. The van der Waals surface area contributed by atoms with Crippen LogP contribution in [0.4, 0.5) is 13.2 Å². The molecule has 0 spiro atoms. The van der Waals surface area contributed by atoms with Crippen LogP contribution < -0.4 is 15.8 Å². The molecule has 0 fully saturated rings. The van der Waals surface area contributed by atoms with Gasteiger partial charge in [0.15, 0.2) is 12.6 Å². The van der Waals surface area contributed by atoms with Crippen LogP contribution in [-0.2, 0) is 6.54 Å². The van der Waals surface area contributed by atoms with Crippen molar-refractivity contribution in [1.29, 1.82) is 0 Å². The van der Waals surface area contributed by atoms with Crippen molar-refractivity contribution in [3.05, 3.63) is 29.8 Å². The first-order valence-corrected chi connectivity index (χ1v) is 7.09. The SMILES string of the molecule is CC(C)CCNC(N)=NCc1ccccc1OCC(F)(F)F.I. The van der Waals surface area contributed by atoms with E-state index in [1.807, 2.05) is 0 Å². The van der Waals surface area contributed by atoms with E-state index in [9.17, 15) is 13.2 Å². The Hall–Kier alpha value is -1.19. The van der Waals surface area contributed by atoms with E-state index in [1.165, 1.54) is 6.07 Å². The van der Waals surface area contributed by atoms with Gasteiger partial charge in [0.1, 0.15) is 5.75 Å². The molecule has 132 valence electrons. The molecule has 0 atom stereocenters. The Balaban J connectivity index is 0.00000484. The third-order valence-electron chi connectivity index (χ3n) is 2.81. The van der Waals surface area contributed by atoms with Crippen molar-refractivity contribution < 1.29 is 17.9 Å². The molecule has 0 saturated heterocycles. The second-order valence-electron chi connectivity index (χ2n) is 5.32. The predicted octanol–water partition coefficient (Wildman–Crippen LogP) is 3.70. The molecule has 0 heterocycles. The smallest absolute Gasteiger partial charge is 0.422 e. The molecular formula is C15H23F3IN3O. The number of hydrogen-bond donors (Lipinski definition) is 2. The Morgan fingerprint density at radius 3 is 2.57 bits per heavy atom. The van der Waals surface area contributed by atoms with Gasteiger partial charge in [-0.1, -0.05) is 32.0 Å². The Morgan fingerprint density at radius 1 is 1.30 bits per heavy atom. The summed E-state index contributed by atoms with van der Waals surface area (Å²) in [6, 6.07) is 6.48. The van der Waals surface area contributed by atoms with Gasteiger partial charge in [0.05, 0.1) is 6.54 Å². The van der Waals surface area contributed by atoms with Crippen LogP contribution in [0.3, 0.4) is 0 Å². The maximum Gasteiger partial charge on any atom is 0.422 e. The lowest BCUT2D eigenvalue weighted by Crippen LogP contribution is -2.32. The van der Waals surface area contributed by atoms with Gasteiger partial charge in [0.2, 0.25) is 0 Å². The number of benzene rings is 1. The molecule has 0 aliphatic rings. The van der Waals surface area contributed by atoms with Crippen molar-refractivity contribution in [2.45, 2.75) is 33.0 Å². The van der Waals surface area contributed by atoms with E-state index in [0.29, 0.717) is 18.0 Å². The van der Waals surface area contributed by atoms with Gasteiger partial charge in [-0.3, -0.25) is 0 Å². The van der Waals surface area contributed by atoms with Crippen molar-refractivity contribution in [2.75, 3.05) is 13.2 Å². The van der Waals surface area contributed by atoms with Crippen molar-refractivity contribution in [3.8, 4) is 5.75 Å². The van der Waals surface area contributed by atoms with Crippen LogP contribution in [0.25, 0.3) is 0 Å². The highest BCUT2D eigenvalue weighted by Crippen LogP contribution is 2.22. The maximum absolute atomic E-state index is 12.2. The molecule has 4 nitrogen and oxygen atoms in total. The predicted molar refractivity (Wildman–Crippen MR) is 96.2 cm³/mol. The first-order chi connectivity index (χ1) is 10.3. The Morgan fingerprint density at radius 2 is 1.96 bits per heavy atom. The van der Waals surface area contributed by atoms with E-state index >= 15 is 0 Å². The molecule has 8 heteroatoms. The zero-order valence-electron chi connectivity index (χ0n) is 13.2. The third kappa shape index (κ3) is 10.2. The monoisotopic (exact) mass is 445 g/mol. The van der Waals surface area contributed by atoms with E-state index in [1.54, 1.807) is 18.2 Å². The molecule has 1 aromatic carbocycles. The van der Waals surface area contributed by atoms with E-state index in [-0.39, 0.29) is 42.2 Å². The lowest BCUT2D eigenvalue weighted by Gasteiger charge is -2.12. The fourth-order valence-corrected chi connectivity index (χ4v) is 1.65. The molecule has 0 amide bonds. The minimum atomic E-state index is -4.37. The lowest BCUT2D eigenvalue weighted by atomic mass is 10.1. The first-order valence-electron chi connectivity index (χ1n) is 7.09. The molecule has 0 saturated carbocycles. The number of nitrogens with zero attached hydrogens (tertiary/aromatic N) is 1. The van der Waals surface area contributed by atoms with Crippen molar-refractivity contribution in [2.24, 2.45) is 16.6 Å². The van der Waals surface area contributed by atoms with E-state index in [0.717, 1.165) is 6.42 Å². The highest BCUT2D eigenvalue weighted by molar-refractivity contribution is 14.0. The minimum absolute atomic E-state index is 0. The summed E-state index contributed by atoms with van der Waals surface area (Å²) in [5, 5.41) is 2.97. The van der Waals surface area contributed by atoms with E-state index in [4.69, 9.17) is 10.5 Å². The average Bonchev–Trinajstić information content (AvgIpc) is 2.42. The molecule has 0 unspecified atom stereocenters. The first kappa shape index (κ1) is 21.8. The molecular weight excluding hydrogens is 422 g/mol. The van der Waals surface area contributed by atoms with Gasteiger partial charge in [-0.15, -0.1) is 24.0 Å². The standard InChI is InChI=1S/C15H22F3N3O.HI/c1-11(2)7-8-20-14(19)21-9-12-5-3-4-6-13(12)22-10-15(16,17)18;/h3-6,11H,7-10H2,1-2H3,(H3,19,20,21);1H. The molecule has 0 bridgehead atoms. The summed E-state index contributed by atoms with van der Waals surface area (Å²) in [6.45, 7) is 3.75. The summed E-state index contributed by atoms with van der Waals surface area (Å²) >= 11 is 0. The molecule has 0 aromatic heterocycles. The molecule has 0 radical (unpaired) electrons. The van der Waals surface area contributed by atoms with E-state index in [2.05, 4.69) is 24.2 Å². The Labute approximate surface area is 151 Å². The fourth-order valence-electron chi connectivity index (χ4n) is 1.65. The summed E-state index contributed by atoms with van der Waals surface area (Å²) < 4.78 is 41.4. The van der Waals surface area contributed by atoms with Gasteiger partial charge in [-0.05, 0) is 18.4 Å². The second-order valence-corrected chi connectivity index (χ2v) is 5.32. The van der Waals surface area contributed by atoms with Gasteiger partial charge in [0.25, 0.3) is 0 Å². The number of nitrogens with two attached hydrogens (primary N) is 1. The van der Waals surface area contributed by atoms with Crippen LogP contribution >= 0.6 is 24.0 Å². The molecule has 3 N–H and O–H groups in total. The summed E-state index contributed by atoms with van der Waals surface area (Å²) in [5.74, 6) is 0.988. The Bertz CT molecular complexity index is 493. The molecule has 1 rings (SSSR count). The van der Waals surface area contributed by atoms with Gasteiger partial charge in [-0.2, -0.15) is 13.2 Å². The maximum atomic E-state index is 12.2. The molecule has 1 aromatic rings. The minimum Gasteiger partial charge on any atom is -0.484 e. The van der Waals surface area contributed by atoms with Gasteiger partial charge in [-0.25, -0.2) is 4.99 Å². The number of alkyl halides is 3. The summed E-state index contributed by atoms with van der Waals surface area (Å²) in [6.07, 6.45) is -3.41. The summed E-state index contributed by atoms with van der Waals surface area (Å²) in [4.78, 5) is 4.12. The highest BCUT2D eigenvalue weighted by atomic mass is 127. The van der Waals surface area contributed by atoms with Crippen LogP contribution in [0.2, 0.25) is 0 Å². The molecule has 0 aliphatic heterocycles. The average molecular weight is 445 g/mol. The summed E-state index contributed by atoms with van der Waals surface area (Å²) in [7, 11) is 0. The van der Waals surface area contributed by atoms with Crippen molar-refractivity contribution in [1.82, 2.24) is 5.32 Å². The number of nitrogens with one attached hydrogen (secondary N) is 1. The molecule has 0 aliphatic carbocycles. The molecule has 23 heavy (non-hydrogen) atoms. The normalized spacial score (nSPS) is 12.0. The van der Waals surface area contributed by atoms with Gasteiger partial charge in [0, 0.05) is 12.1 Å². The van der Waals surface area contributed by atoms with Crippen molar-refractivity contribution in [3.63, 3.8) is 0 Å². The summed E-state index contributed by atoms with van der Waals surface area (Å²) in [5.41, 5.74) is 6.28. The van der Waals surface area contributed by atoms with E-state index < -0.39 is 12.8 Å². The van der Waals surface area contributed by atoms with Gasteiger partial charge >= 0.3 is 6.18 Å². The largest absolute Gasteiger partial charge is 0.484 e. The van der Waals surface area contributed by atoms with Crippen molar-refractivity contribution >= 4 is 29.9 Å². The second kappa shape index (κ2) is 10.6. The quantitative estimate of drug-likeness (QED) is 0.383. The zero-order valence-corrected chi connectivity index (χ0v) is 15.5. The van der Waals surface area contributed by atoms with Crippen LogP contribution in [0.5, 0.6) is 5.75 Å². The van der Waals surface area contributed by atoms with Crippen LogP contribution in [0.1, 0.15) is 25.8 Å². The number of aliphatic imine (C=N–C) groups is 1. The number of halogens is 4. The third-order valence-corrected chi connectivity index (χ3v) is 2.81. The topological polar surface area (TPSA) is 59.6 Å². The number of hydrogen-bond acceptors (Lipinski definition) is 2.